The Hall–Kier alpha value is -3.46. The highest BCUT2D eigenvalue weighted by molar-refractivity contribution is 5.95. The number of amides is 1. The average molecular weight is 436 g/mol. The van der Waals surface area contributed by atoms with Gasteiger partial charge in [-0.1, -0.05) is 12.1 Å². The lowest BCUT2D eigenvalue weighted by molar-refractivity contribution is -0.0245. The number of nitrogens with zero attached hydrogens (tertiary/aromatic N) is 6. The Bertz CT molecular complexity index is 1140. The number of carbonyl (C=O) groups excluding carboxylic acids is 1. The molecule has 1 aliphatic heterocycles. The van der Waals surface area contributed by atoms with E-state index in [2.05, 4.69) is 15.0 Å². The topological polar surface area (TPSA) is 84.3 Å². The summed E-state index contributed by atoms with van der Waals surface area (Å²) in [6, 6.07) is 6.17. The van der Waals surface area contributed by atoms with Gasteiger partial charge in [0.05, 0.1) is 30.1 Å². The monoisotopic (exact) mass is 436 g/mol. The molecule has 1 aromatic carbocycles. The van der Waals surface area contributed by atoms with Crippen LogP contribution in [0.2, 0.25) is 0 Å². The summed E-state index contributed by atoms with van der Waals surface area (Å²) in [5, 5.41) is 0. The molecule has 1 amide bonds. The summed E-state index contributed by atoms with van der Waals surface area (Å²) < 4.78 is 19.5. The molecule has 9 heteroatoms. The summed E-state index contributed by atoms with van der Waals surface area (Å²) in [5.74, 6) is 0.698. The number of hydrogen-bond acceptors (Lipinski definition) is 7. The van der Waals surface area contributed by atoms with E-state index in [4.69, 9.17) is 9.72 Å². The zero-order valence-corrected chi connectivity index (χ0v) is 18.5. The highest BCUT2D eigenvalue weighted by Crippen LogP contribution is 2.32. The van der Waals surface area contributed by atoms with Crippen LogP contribution in [-0.4, -0.2) is 64.5 Å². The van der Waals surface area contributed by atoms with Crippen LogP contribution in [-0.2, 0) is 4.74 Å². The lowest BCUT2D eigenvalue weighted by Crippen LogP contribution is -2.43. The minimum atomic E-state index is -0.457. The Morgan fingerprint density at radius 3 is 2.56 bits per heavy atom. The van der Waals surface area contributed by atoms with Crippen LogP contribution in [0.5, 0.6) is 0 Å². The van der Waals surface area contributed by atoms with Gasteiger partial charge in [-0.2, -0.15) is 0 Å². The van der Waals surface area contributed by atoms with Gasteiger partial charge >= 0.3 is 0 Å². The Morgan fingerprint density at radius 1 is 1.12 bits per heavy atom. The number of aromatic nitrogens is 4. The summed E-state index contributed by atoms with van der Waals surface area (Å²) >= 11 is 0. The number of benzene rings is 1. The molecule has 2 aromatic heterocycles. The van der Waals surface area contributed by atoms with Crippen molar-refractivity contribution < 1.29 is 13.9 Å². The number of hydrogen-bond donors (Lipinski definition) is 0. The zero-order chi connectivity index (χ0) is 22.8. The van der Waals surface area contributed by atoms with Crippen molar-refractivity contribution in [2.24, 2.45) is 0 Å². The Morgan fingerprint density at radius 2 is 1.88 bits per heavy atom. The maximum absolute atomic E-state index is 13.5. The molecule has 0 unspecified atom stereocenters. The van der Waals surface area contributed by atoms with Gasteiger partial charge in [-0.15, -0.1) is 0 Å². The molecule has 4 rings (SSSR count). The number of ether oxygens (including phenoxy) is 1. The molecule has 1 aliphatic rings. The fourth-order valence-electron chi connectivity index (χ4n) is 3.66. The predicted molar refractivity (Wildman–Crippen MR) is 118 cm³/mol. The molecule has 0 N–H and O–H groups in total. The van der Waals surface area contributed by atoms with E-state index in [-0.39, 0.29) is 11.7 Å². The lowest BCUT2D eigenvalue weighted by atomic mass is 10.0. The van der Waals surface area contributed by atoms with E-state index in [1.807, 2.05) is 14.1 Å². The lowest BCUT2D eigenvalue weighted by Gasteiger charge is -2.33. The van der Waals surface area contributed by atoms with Gasteiger partial charge in [-0.3, -0.25) is 4.79 Å². The Balaban J connectivity index is 1.68. The van der Waals surface area contributed by atoms with Gasteiger partial charge in [0.15, 0.2) is 0 Å². The van der Waals surface area contributed by atoms with Crippen LogP contribution in [0, 0.1) is 19.7 Å². The van der Waals surface area contributed by atoms with Gasteiger partial charge in [0.1, 0.15) is 17.7 Å². The molecular formula is C23H25FN6O2. The quantitative estimate of drug-likeness (QED) is 0.622. The van der Waals surface area contributed by atoms with Crippen molar-refractivity contribution >= 4 is 11.9 Å². The molecule has 0 radical (unpaired) electrons. The Labute approximate surface area is 186 Å². The molecular weight excluding hydrogens is 411 g/mol. The van der Waals surface area contributed by atoms with E-state index < -0.39 is 6.10 Å². The number of anilines is 1. The van der Waals surface area contributed by atoms with Gasteiger partial charge < -0.3 is 14.5 Å². The molecule has 0 saturated carbocycles. The van der Waals surface area contributed by atoms with Crippen molar-refractivity contribution in [2.75, 3.05) is 38.7 Å². The Kier molecular flexibility index (Phi) is 6.09. The van der Waals surface area contributed by atoms with Crippen molar-refractivity contribution in [2.45, 2.75) is 20.0 Å². The largest absolute Gasteiger partial charge is 0.368 e. The zero-order valence-electron chi connectivity index (χ0n) is 18.5. The second-order valence-electron chi connectivity index (χ2n) is 7.90. The fraction of sp³-hybridized carbons (Fsp3) is 0.348. The van der Waals surface area contributed by atoms with Crippen molar-refractivity contribution in [1.29, 1.82) is 0 Å². The second kappa shape index (κ2) is 8.96. The van der Waals surface area contributed by atoms with E-state index in [1.54, 1.807) is 48.2 Å². The van der Waals surface area contributed by atoms with Crippen molar-refractivity contribution in [1.82, 2.24) is 24.8 Å². The second-order valence-corrected chi connectivity index (χ2v) is 7.90. The summed E-state index contributed by atoms with van der Waals surface area (Å²) in [5.41, 5.74) is 3.30. The first-order valence-corrected chi connectivity index (χ1v) is 10.3. The van der Waals surface area contributed by atoms with Crippen molar-refractivity contribution in [3.63, 3.8) is 0 Å². The standard InChI is InChI=1S/C23H25FN6O2/c1-14-18(11-25-15(2)27-14)22(31)30-9-10-32-20(13-30)21-19(12-26-23(28-21)29(3)4)16-5-7-17(24)8-6-16/h5-8,11-12,20H,9-10,13H2,1-4H3/t20-/m1/s1. The SMILES string of the molecule is Cc1ncc(C(=O)N2CCO[C@@H](c3nc(N(C)C)ncc3-c3ccc(F)cc3)C2)c(C)n1. The fourth-order valence-corrected chi connectivity index (χ4v) is 3.66. The molecule has 0 spiro atoms. The van der Waals surface area contributed by atoms with E-state index in [0.29, 0.717) is 48.4 Å². The number of morpholine rings is 1. The predicted octanol–water partition coefficient (Wildman–Crippen LogP) is 2.97. The van der Waals surface area contributed by atoms with Crippen molar-refractivity contribution in [3.8, 4) is 11.1 Å². The van der Waals surface area contributed by atoms with E-state index in [1.165, 1.54) is 12.1 Å². The average Bonchev–Trinajstić information content (AvgIpc) is 2.79. The normalized spacial score (nSPS) is 16.2. The van der Waals surface area contributed by atoms with Crippen LogP contribution in [0.4, 0.5) is 10.3 Å². The molecule has 1 atom stereocenters. The molecule has 3 aromatic rings. The summed E-state index contributed by atoms with van der Waals surface area (Å²) in [4.78, 5) is 34.4. The molecule has 1 saturated heterocycles. The number of rotatable bonds is 4. The summed E-state index contributed by atoms with van der Waals surface area (Å²) in [6.45, 7) is 4.75. The molecule has 166 valence electrons. The maximum atomic E-state index is 13.5. The highest BCUT2D eigenvalue weighted by Gasteiger charge is 2.30. The molecule has 8 nitrogen and oxygen atoms in total. The number of halogens is 1. The third kappa shape index (κ3) is 4.43. The van der Waals surface area contributed by atoms with Gasteiger partial charge in [0, 0.05) is 38.6 Å². The molecule has 1 fully saturated rings. The smallest absolute Gasteiger partial charge is 0.257 e. The van der Waals surface area contributed by atoms with Crippen molar-refractivity contribution in [3.05, 3.63) is 65.3 Å². The summed E-state index contributed by atoms with van der Waals surface area (Å²) in [6.07, 6.45) is 2.83. The first kappa shape index (κ1) is 21.8. The van der Waals surface area contributed by atoms with E-state index in [0.717, 1.165) is 11.1 Å². The van der Waals surface area contributed by atoms with Gasteiger partial charge in [0.25, 0.3) is 5.91 Å². The first-order valence-electron chi connectivity index (χ1n) is 10.3. The number of aryl methyl sites for hydroxylation is 2. The van der Waals surface area contributed by atoms with Gasteiger partial charge in [0.2, 0.25) is 5.95 Å². The van der Waals surface area contributed by atoms with Crippen LogP contribution in [0.3, 0.4) is 0 Å². The maximum Gasteiger partial charge on any atom is 0.257 e. The minimum absolute atomic E-state index is 0.138. The number of carbonyl (C=O) groups is 1. The summed E-state index contributed by atoms with van der Waals surface area (Å²) in [7, 11) is 3.71. The first-order chi connectivity index (χ1) is 15.3. The van der Waals surface area contributed by atoms with Gasteiger partial charge in [-0.05, 0) is 31.5 Å². The minimum Gasteiger partial charge on any atom is -0.368 e. The van der Waals surface area contributed by atoms with Gasteiger partial charge in [-0.25, -0.2) is 24.3 Å². The highest BCUT2D eigenvalue weighted by atomic mass is 19.1. The molecule has 32 heavy (non-hydrogen) atoms. The van der Waals surface area contributed by atoms with Crippen LogP contribution in [0.1, 0.15) is 33.7 Å². The molecule has 0 bridgehead atoms. The third-order valence-electron chi connectivity index (χ3n) is 5.35. The van der Waals surface area contributed by atoms with E-state index >= 15 is 0 Å². The van der Waals surface area contributed by atoms with Crippen LogP contribution in [0.25, 0.3) is 11.1 Å². The molecule has 0 aliphatic carbocycles. The van der Waals surface area contributed by atoms with Crippen LogP contribution >= 0.6 is 0 Å². The van der Waals surface area contributed by atoms with Crippen LogP contribution < -0.4 is 4.90 Å². The van der Waals surface area contributed by atoms with E-state index in [9.17, 15) is 9.18 Å². The molecule has 3 heterocycles. The third-order valence-corrected chi connectivity index (χ3v) is 5.35. The van der Waals surface area contributed by atoms with Crippen LogP contribution in [0.15, 0.2) is 36.7 Å².